The van der Waals surface area contributed by atoms with E-state index in [1.54, 1.807) is 0 Å². The zero-order valence-electron chi connectivity index (χ0n) is 5.43. The predicted molar refractivity (Wildman–Crippen MR) is 38.2 cm³/mol. The highest BCUT2D eigenvalue weighted by Gasteiger charge is 1.88. The summed E-state index contributed by atoms with van der Waals surface area (Å²) in [5.41, 5.74) is 6.68. The van der Waals surface area contributed by atoms with Crippen LogP contribution in [0.1, 0.15) is 12.0 Å². The molecule has 0 aliphatic carbocycles. The van der Waals surface area contributed by atoms with Crippen LogP contribution in [0.4, 0.5) is 0 Å². The van der Waals surface area contributed by atoms with Gasteiger partial charge in [0.1, 0.15) is 0 Å². The number of aromatic amines is 1. The molecule has 0 bridgehead atoms. The Balaban J connectivity index is 2.30. The van der Waals surface area contributed by atoms with Crippen LogP contribution < -0.4 is 5.73 Å². The SMILES string of the molecule is NCCCc1cc[nH]c1. The molecule has 1 aromatic heterocycles. The zero-order valence-corrected chi connectivity index (χ0v) is 5.43. The van der Waals surface area contributed by atoms with Gasteiger partial charge in [-0.3, -0.25) is 0 Å². The molecule has 0 aliphatic rings. The Kier molecular flexibility index (Phi) is 2.33. The van der Waals surface area contributed by atoms with Crippen LogP contribution in [0.5, 0.6) is 0 Å². The minimum Gasteiger partial charge on any atom is -0.367 e. The molecular weight excluding hydrogens is 112 g/mol. The van der Waals surface area contributed by atoms with Crippen molar-refractivity contribution in [2.45, 2.75) is 12.8 Å². The van der Waals surface area contributed by atoms with Gasteiger partial charge in [0.25, 0.3) is 0 Å². The lowest BCUT2D eigenvalue weighted by molar-refractivity contribution is 0.833. The van der Waals surface area contributed by atoms with Crippen molar-refractivity contribution in [2.24, 2.45) is 5.73 Å². The van der Waals surface area contributed by atoms with Gasteiger partial charge in [-0.25, -0.2) is 0 Å². The normalized spacial score (nSPS) is 9.89. The first-order valence-corrected chi connectivity index (χ1v) is 3.25. The topological polar surface area (TPSA) is 41.8 Å². The van der Waals surface area contributed by atoms with Crippen molar-refractivity contribution < 1.29 is 0 Å². The summed E-state index contributed by atoms with van der Waals surface area (Å²) in [5.74, 6) is 0. The highest BCUT2D eigenvalue weighted by molar-refractivity contribution is 5.07. The summed E-state index contributed by atoms with van der Waals surface area (Å²) < 4.78 is 0. The quantitative estimate of drug-likeness (QED) is 0.617. The Morgan fingerprint density at radius 2 is 2.44 bits per heavy atom. The molecular formula is C7H12N2. The Bertz CT molecular complexity index is 144. The van der Waals surface area contributed by atoms with E-state index in [0.29, 0.717) is 0 Å². The van der Waals surface area contributed by atoms with E-state index in [4.69, 9.17) is 5.73 Å². The van der Waals surface area contributed by atoms with E-state index >= 15 is 0 Å². The first-order valence-electron chi connectivity index (χ1n) is 3.25. The third-order valence-corrected chi connectivity index (χ3v) is 1.33. The Morgan fingerprint density at radius 1 is 1.56 bits per heavy atom. The number of rotatable bonds is 3. The second-order valence-electron chi connectivity index (χ2n) is 2.11. The van der Waals surface area contributed by atoms with E-state index in [2.05, 4.69) is 11.1 Å². The average molecular weight is 124 g/mol. The lowest BCUT2D eigenvalue weighted by atomic mass is 10.2. The molecule has 0 unspecified atom stereocenters. The van der Waals surface area contributed by atoms with E-state index < -0.39 is 0 Å². The number of nitrogens with one attached hydrogen (secondary N) is 1. The lowest BCUT2D eigenvalue weighted by Crippen LogP contribution is -1.99. The fourth-order valence-corrected chi connectivity index (χ4v) is 0.820. The van der Waals surface area contributed by atoms with Crippen LogP contribution in [0.25, 0.3) is 0 Å². The number of aromatic nitrogens is 1. The van der Waals surface area contributed by atoms with Crippen molar-refractivity contribution in [3.05, 3.63) is 24.0 Å². The number of nitrogens with two attached hydrogens (primary N) is 1. The van der Waals surface area contributed by atoms with Gasteiger partial charge in [0.2, 0.25) is 0 Å². The summed E-state index contributed by atoms with van der Waals surface area (Å²) in [5, 5.41) is 0. The molecule has 0 spiro atoms. The van der Waals surface area contributed by atoms with Crippen LogP contribution in [-0.4, -0.2) is 11.5 Å². The molecule has 2 nitrogen and oxygen atoms in total. The van der Waals surface area contributed by atoms with Crippen LogP contribution in [-0.2, 0) is 6.42 Å². The molecule has 0 saturated carbocycles. The number of hydrogen-bond donors (Lipinski definition) is 2. The van der Waals surface area contributed by atoms with E-state index in [0.717, 1.165) is 19.4 Å². The molecule has 1 rings (SSSR count). The molecule has 0 atom stereocenters. The van der Waals surface area contributed by atoms with Crippen molar-refractivity contribution in [1.29, 1.82) is 0 Å². The molecule has 2 heteroatoms. The minimum atomic E-state index is 0.783. The van der Waals surface area contributed by atoms with Crippen molar-refractivity contribution >= 4 is 0 Å². The molecule has 3 N–H and O–H groups in total. The van der Waals surface area contributed by atoms with Crippen molar-refractivity contribution in [2.75, 3.05) is 6.54 Å². The molecule has 1 heterocycles. The lowest BCUT2D eigenvalue weighted by Gasteiger charge is -1.90. The number of H-pyrrole nitrogens is 1. The van der Waals surface area contributed by atoms with Crippen LogP contribution in [0, 0.1) is 0 Å². The van der Waals surface area contributed by atoms with Gasteiger partial charge in [0, 0.05) is 12.4 Å². The molecule has 9 heavy (non-hydrogen) atoms. The summed E-state index contributed by atoms with van der Waals surface area (Å²) in [4.78, 5) is 3.00. The summed E-state index contributed by atoms with van der Waals surface area (Å²) in [6.45, 7) is 0.783. The van der Waals surface area contributed by atoms with E-state index in [9.17, 15) is 0 Å². The van der Waals surface area contributed by atoms with Gasteiger partial charge >= 0.3 is 0 Å². The molecule has 0 aromatic carbocycles. The maximum absolute atomic E-state index is 5.33. The maximum Gasteiger partial charge on any atom is 0.00373 e. The van der Waals surface area contributed by atoms with Gasteiger partial charge in [0.15, 0.2) is 0 Å². The van der Waals surface area contributed by atoms with Crippen LogP contribution in [0.2, 0.25) is 0 Å². The van der Waals surface area contributed by atoms with Gasteiger partial charge in [0.05, 0.1) is 0 Å². The van der Waals surface area contributed by atoms with Gasteiger partial charge in [-0.2, -0.15) is 0 Å². The van der Waals surface area contributed by atoms with Crippen molar-refractivity contribution in [3.63, 3.8) is 0 Å². The first kappa shape index (κ1) is 6.36. The fourth-order valence-electron chi connectivity index (χ4n) is 0.820. The standard InChI is InChI=1S/C7H12N2/c8-4-1-2-7-3-5-9-6-7/h3,5-6,9H,1-2,4,8H2. The zero-order chi connectivity index (χ0) is 6.53. The molecule has 0 saturated heterocycles. The third-order valence-electron chi connectivity index (χ3n) is 1.33. The second-order valence-corrected chi connectivity index (χ2v) is 2.11. The predicted octanol–water partition coefficient (Wildman–Crippen LogP) is 0.906. The Hall–Kier alpha value is -0.760. The molecule has 0 radical (unpaired) electrons. The molecule has 1 aromatic rings. The average Bonchev–Trinajstić information content (AvgIpc) is 2.34. The van der Waals surface area contributed by atoms with E-state index in [-0.39, 0.29) is 0 Å². The molecule has 0 aliphatic heterocycles. The van der Waals surface area contributed by atoms with Gasteiger partial charge in [-0.1, -0.05) is 0 Å². The maximum atomic E-state index is 5.33. The van der Waals surface area contributed by atoms with Gasteiger partial charge in [-0.05, 0) is 31.0 Å². The number of hydrogen-bond acceptors (Lipinski definition) is 1. The first-order chi connectivity index (χ1) is 4.43. The Labute approximate surface area is 55.1 Å². The summed E-state index contributed by atoms with van der Waals surface area (Å²) >= 11 is 0. The highest BCUT2D eigenvalue weighted by Crippen LogP contribution is 1.98. The summed E-state index contributed by atoms with van der Waals surface area (Å²) in [6, 6.07) is 2.08. The van der Waals surface area contributed by atoms with Crippen LogP contribution in [0.3, 0.4) is 0 Å². The third kappa shape index (κ3) is 1.90. The molecule has 50 valence electrons. The van der Waals surface area contributed by atoms with Crippen molar-refractivity contribution in [3.8, 4) is 0 Å². The smallest absolute Gasteiger partial charge is 0.00373 e. The van der Waals surface area contributed by atoms with Crippen LogP contribution in [0.15, 0.2) is 18.5 Å². The second kappa shape index (κ2) is 3.30. The molecule has 0 fully saturated rings. The minimum absolute atomic E-state index is 0.783. The monoisotopic (exact) mass is 124 g/mol. The van der Waals surface area contributed by atoms with E-state index in [1.165, 1.54) is 5.56 Å². The largest absolute Gasteiger partial charge is 0.367 e. The van der Waals surface area contributed by atoms with Crippen molar-refractivity contribution in [1.82, 2.24) is 4.98 Å². The van der Waals surface area contributed by atoms with Gasteiger partial charge < -0.3 is 10.7 Å². The van der Waals surface area contributed by atoms with Crippen LogP contribution >= 0.6 is 0 Å². The highest BCUT2D eigenvalue weighted by atomic mass is 14.6. The summed E-state index contributed by atoms with van der Waals surface area (Å²) in [7, 11) is 0. The van der Waals surface area contributed by atoms with E-state index in [1.807, 2.05) is 12.4 Å². The fraction of sp³-hybridized carbons (Fsp3) is 0.429. The Morgan fingerprint density at radius 3 is 3.00 bits per heavy atom. The molecule has 0 amide bonds. The number of aryl methyl sites for hydroxylation is 1. The summed E-state index contributed by atoms with van der Waals surface area (Å²) in [6.07, 6.45) is 6.12. The van der Waals surface area contributed by atoms with Gasteiger partial charge in [-0.15, -0.1) is 0 Å².